The molecule has 0 bridgehead atoms. The van der Waals surface area contributed by atoms with Gasteiger partial charge in [-0.25, -0.2) is 9.97 Å². The van der Waals surface area contributed by atoms with Crippen molar-refractivity contribution in [3.63, 3.8) is 0 Å². The van der Waals surface area contributed by atoms with Crippen molar-refractivity contribution in [2.75, 3.05) is 10.6 Å². The summed E-state index contributed by atoms with van der Waals surface area (Å²) < 4.78 is 0. The van der Waals surface area contributed by atoms with Gasteiger partial charge in [-0.3, -0.25) is 0 Å². The Balaban J connectivity index is 1.77. The molecule has 0 radical (unpaired) electrons. The van der Waals surface area contributed by atoms with Crippen LogP contribution in [0.3, 0.4) is 0 Å². The Kier molecular flexibility index (Phi) is 5.18. The zero-order valence-electron chi connectivity index (χ0n) is 13.1. The standard InChI is InChI=1S/C18H16Cl2N4/c1-12-22-16(21-11-13-6-3-2-4-7-13)10-17(23-12)24-15-9-5-8-14(19)18(15)20/h2-10H,11H2,1H3,(H2,21,22,23,24). The van der Waals surface area contributed by atoms with Crippen LogP contribution in [0.1, 0.15) is 11.4 Å². The summed E-state index contributed by atoms with van der Waals surface area (Å²) in [5.41, 5.74) is 1.89. The van der Waals surface area contributed by atoms with Crippen LogP contribution in [0.2, 0.25) is 10.0 Å². The van der Waals surface area contributed by atoms with Crippen molar-refractivity contribution in [3.8, 4) is 0 Å². The number of nitrogens with one attached hydrogen (secondary N) is 2. The molecule has 0 aliphatic carbocycles. The van der Waals surface area contributed by atoms with Crippen molar-refractivity contribution in [1.82, 2.24) is 9.97 Å². The van der Waals surface area contributed by atoms with E-state index < -0.39 is 0 Å². The van der Waals surface area contributed by atoms with E-state index in [-0.39, 0.29) is 0 Å². The van der Waals surface area contributed by atoms with Gasteiger partial charge in [0.2, 0.25) is 0 Å². The van der Waals surface area contributed by atoms with Crippen LogP contribution in [0.4, 0.5) is 17.3 Å². The summed E-state index contributed by atoms with van der Waals surface area (Å²) in [5.74, 6) is 2.06. The van der Waals surface area contributed by atoms with E-state index in [1.807, 2.05) is 43.3 Å². The van der Waals surface area contributed by atoms with Gasteiger partial charge in [0, 0.05) is 12.6 Å². The first-order chi connectivity index (χ1) is 11.6. The van der Waals surface area contributed by atoms with Crippen LogP contribution in [0.15, 0.2) is 54.6 Å². The van der Waals surface area contributed by atoms with E-state index in [1.54, 1.807) is 6.07 Å². The highest BCUT2D eigenvalue weighted by atomic mass is 35.5. The SMILES string of the molecule is Cc1nc(NCc2ccccc2)cc(Nc2cccc(Cl)c2Cl)n1. The van der Waals surface area contributed by atoms with Gasteiger partial charge in [-0.1, -0.05) is 59.6 Å². The molecule has 24 heavy (non-hydrogen) atoms. The van der Waals surface area contributed by atoms with E-state index in [1.165, 1.54) is 5.56 Å². The molecule has 0 aliphatic heterocycles. The Morgan fingerprint density at radius 2 is 1.67 bits per heavy atom. The monoisotopic (exact) mass is 358 g/mol. The van der Waals surface area contributed by atoms with Crippen LogP contribution in [0.25, 0.3) is 0 Å². The van der Waals surface area contributed by atoms with E-state index in [9.17, 15) is 0 Å². The van der Waals surface area contributed by atoms with Crippen LogP contribution >= 0.6 is 23.2 Å². The number of nitrogens with zero attached hydrogens (tertiary/aromatic N) is 2. The molecule has 122 valence electrons. The molecule has 0 saturated heterocycles. The number of anilines is 3. The van der Waals surface area contributed by atoms with Gasteiger partial charge < -0.3 is 10.6 Å². The molecular weight excluding hydrogens is 343 g/mol. The highest BCUT2D eigenvalue weighted by molar-refractivity contribution is 6.43. The van der Waals surface area contributed by atoms with Gasteiger partial charge >= 0.3 is 0 Å². The molecule has 0 amide bonds. The zero-order chi connectivity index (χ0) is 16.9. The second kappa shape index (κ2) is 7.51. The number of aromatic nitrogens is 2. The van der Waals surface area contributed by atoms with Crippen LogP contribution in [0.5, 0.6) is 0 Å². The van der Waals surface area contributed by atoms with Crippen molar-refractivity contribution < 1.29 is 0 Å². The van der Waals surface area contributed by atoms with E-state index in [0.29, 0.717) is 33.9 Å². The predicted octanol–water partition coefficient (Wildman–Crippen LogP) is 5.45. The minimum Gasteiger partial charge on any atom is -0.366 e. The normalized spacial score (nSPS) is 10.5. The lowest BCUT2D eigenvalue weighted by atomic mass is 10.2. The van der Waals surface area contributed by atoms with Crippen LogP contribution in [-0.4, -0.2) is 9.97 Å². The summed E-state index contributed by atoms with van der Waals surface area (Å²) in [6.07, 6.45) is 0. The molecule has 1 aromatic heterocycles. The molecule has 0 unspecified atom stereocenters. The summed E-state index contributed by atoms with van der Waals surface area (Å²) in [7, 11) is 0. The Morgan fingerprint density at radius 1 is 0.917 bits per heavy atom. The molecule has 0 fully saturated rings. The minimum atomic E-state index is 0.467. The summed E-state index contributed by atoms with van der Waals surface area (Å²) in [6.45, 7) is 2.53. The van der Waals surface area contributed by atoms with Crippen molar-refractivity contribution in [1.29, 1.82) is 0 Å². The number of benzene rings is 2. The lowest BCUT2D eigenvalue weighted by Crippen LogP contribution is -2.05. The fourth-order valence-electron chi connectivity index (χ4n) is 2.25. The molecule has 0 saturated carbocycles. The van der Waals surface area contributed by atoms with Crippen molar-refractivity contribution in [2.24, 2.45) is 0 Å². The highest BCUT2D eigenvalue weighted by Gasteiger charge is 2.07. The lowest BCUT2D eigenvalue weighted by Gasteiger charge is -2.11. The molecule has 4 nitrogen and oxygen atoms in total. The summed E-state index contributed by atoms with van der Waals surface area (Å²) in [6, 6.07) is 17.4. The van der Waals surface area contributed by atoms with Gasteiger partial charge in [0.15, 0.2) is 0 Å². The van der Waals surface area contributed by atoms with Gasteiger partial charge in [0.25, 0.3) is 0 Å². The Labute approximate surface area is 150 Å². The maximum atomic E-state index is 6.21. The minimum absolute atomic E-state index is 0.467. The molecule has 1 heterocycles. The van der Waals surface area contributed by atoms with Gasteiger partial charge in [-0.2, -0.15) is 0 Å². The third kappa shape index (κ3) is 4.16. The topological polar surface area (TPSA) is 49.8 Å². The first-order valence-electron chi connectivity index (χ1n) is 7.46. The number of hydrogen-bond donors (Lipinski definition) is 2. The molecule has 3 rings (SSSR count). The average Bonchev–Trinajstić information content (AvgIpc) is 2.58. The van der Waals surface area contributed by atoms with E-state index >= 15 is 0 Å². The largest absolute Gasteiger partial charge is 0.366 e. The van der Waals surface area contributed by atoms with Crippen LogP contribution in [-0.2, 0) is 6.54 Å². The maximum Gasteiger partial charge on any atom is 0.136 e. The first-order valence-corrected chi connectivity index (χ1v) is 8.22. The summed E-state index contributed by atoms with van der Waals surface area (Å²) >= 11 is 12.3. The Morgan fingerprint density at radius 3 is 2.46 bits per heavy atom. The second-order valence-corrected chi connectivity index (χ2v) is 6.04. The van der Waals surface area contributed by atoms with Crippen LogP contribution in [0, 0.1) is 6.92 Å². The third-order valence-corrected chi connectivity index (χ3v) is 4.19. The second-order valence-electron chi connectivity index (χ2n) is 5.25. The molecule has 2 aromatic carbocycles. The van der Waals surface area contributed by atoms with Crippen LogP contribution < -0.4 is 10.6 Å². The molecule has 2 N–H and O–H groups in total. The van der Waals surface area contributed by atoms with E-state index in [0.717, 1.165) is 5.82 Å². The molecule has 0 aliphatic rings. The van der Waals surface area contributed by atoms with Crippen molar-refractivity contribution in [3.05, 3.63) is 76.0 Å². The van der Waals surface area contributed by atoms with Crippen molar-refractivity contribution in [2.45, 2.75) is 13.5 Å². The fourth-order valence-corrected chi connectivity index (χ4v) is 2.60. The van der Waals surface area contributed by atoms with Gasteiger partial charge in [0.05, 0.1) is 15.7 Å². The Bertz CT molecular complexity index is 838. The van der Waals surface area contributed by atoms with Crippen molar-refractivity contribution >= 4 is 40.5 Å². The van der Waals surface area contributed by atoms with Gasteiger partial charge in [-0.15, -0.1) is 0 Å². The lowest BCUT2D eigenvalue weighted by molar-refractivity contribution is 1.03. The zero-order valence-corrected chi connectivity index (χ0v) is 14.6. The third-order valence-electron chi connectivity index (χ3n) is 3.37. The fraction of sp³-hybridized carbons (Fsp3) is 0.111. The molecule has 3 aromatic rings. The quantitative estimate of drug-likeness (QED) is 0.636. The first kappa shape index (κ1) is 16.6. The average molecular weight is 359 g/mol. The summed E-state index contributed by atoms with van der Waals surface area (Å²) in [4.78, 5) is 8.80. The highest BCUT2D eigenvalue weighted by Crippen LogP contribution is 2.31. The number of aryl methyl sites for hydroxylation is 1. The maximum absolute atomic E-state index is 6.21. The van der Waals surface area contributed by atoms with Gasteiger partial charge in [-0.05, 0) is 24.6 Å². The molecule has 0 atom stereocenters. The number of hydrogen-bond acceptors (Lipinski definition) is 4. The van der Waals surface area contributed by atoms with E-state index in [2.05, 4.69) is 32.7 Å². The number of rotatable bonds is 5. The molecular formula is C18H16Cl2N4. The summed E-state index contributed by atoms with van der Waals surface area (Å²) in [5, 5.41) is 7.45. The predicted molar refractivity (Wildman–Crippen MR) is 100 cm³/mol. The Hall–Kier alpha value is -2.30. The van der Waals surface area contributed by atoms with E-state index in [4.69, 9.17) is 23.2 Å². The smallest absolute Gasteiger partial charge is 0.136 e. The molecule has 6 heteroatoms. The van der Waals surface area contributed by atoms with Gasteiger partial charge in [0.1, 0.15) is 17.5 Å². The number of halogens is 2. The molecule has 0 spiro atoms.